The van der Waals surface area contributed by atoms with Crippen molar-refractivity contribution >= 4 is 10.0 Å². The summed E-state index contributed by atoms with van der Waals surface area (Å²) in [5.41, 5.74) is 0.852. The second-order valence-corrected chi connectivity index (χ2v) is 6.53. The highest BCUT2D eigenvalue weighted by Gasteiger charge is 2.29. The molecule has 1 aromatic rings. The number of hydrogen-bond donors (Lipinski definition) is 1. The summed E-state index contributed by atoms with van der Waals surface area (Å²) in [6, 6.07) is 8.64. The Labute approximate surface area is 118 Å². The van der Waals surface area contributed by atoms with E-state index in [2.05, 4.69) is 0 Å². The maximum absolute atomic E-state index is 12.4. The fourth-order valence-corrected chi connectivity index (χ4v) is 3.67. The summed E-state index contributed by atoms with van der Waals surface area (Å²) in [5.74, 6) is -0.213. The van der Waals surface area contributed by atoms with Crippen molar-refractivity contribution in [1.82, 2.24) is 4.31 Å². The molecule has 0 radical (unpaired) electrons. The highest BCUT2D eigenvalue weighted by Crippen LogP contribution is 2.17. The molecular formula is C13H16N2O4S. The number of aliphatic hydroxyl groups excluding tert-OH is 1. The zero-order valence-electron chi connectivity index (χ0n) is 10.9. The summed E-state index contributed by atoms with van der Waals surface area (Å²) < 4.78 is 31.3. The molecule has 0 spiro atoms. The fraction of sp³-hybridized carbons (Fsp3) is 0.462. The first-order valence-electron chi connectivity index (χ1n) is 6.25. The Balaban J connectivity index is 2.17. The minimum Gasteiger partial charge on any atom is -0.394 e. The van der Waals surface area contributed by atoms with Crippen LogP contribution < -0.4 is 0 Å². The Bertz CT molecular complexity index is 609. The number of hydrogen-bond acceptors (Lipinski definition) is 5. The molecule has 1 N–H and O–H groups in total. The molecule has 7 heteroatoms. The van der Waals surface area contributed by atoms with Crippen LogP contribution in [0.4, 0.5) is 0 Å². The molecule has 1 aliphatic heterocycles. The van der Waals surface area contributed by atoms with E-state index in [1.54, 1.807) is 24.3 Å². The summed E-state index contributed by atoms with van der Waals surface area (Å²) in [6.45, 7) is 0.478. The van der Waals surface area contributed by atoms with Gasteiger partial charge in [0.15, 0.2) is 0 Å². The first-order valence-corrected chi connectivity index (χ1v) is 7.86. The number of sulfonamides is 1. The molecule has 1 heterocycles. The zero-order chi connectivity index (χ0) is 14.6. The number of rotatable bonds is 4. The number of nitrogens with zero attached hydrogens (tertiary/aromatic N) is 2. The lowest BCUT2D eigenvalue weighted by molar-refractivity contribution is -0.0305. The molecule has 1 fully saturated rings. The first-order chi connectivity index (χ1) is 9.56. The molecule has 1 saturated heterocycles. The molecule has 108 valence electrons. The van der Waals surface area contributed by atoms with Gasteiger partial charge in [0.2, 0.25) is 10.0 Å². The van der Waals surface area contributed by atoms with Gasteiger partial charge in [-0.25, -0.2) is 8.42 Å². The van der Waals surface area contributed by atoms with Crippen molar-refractivity contribution in [1.29, 1.82) is 5.26 Å². The third kappa shape index (κ3) is 3.35. The largest absolute Gasteiger partial charge is 0.394 e. The Morgan fingerprint density at radius 1 is 1.45 bits per heavy atom. The van der Waals surface area contributed by atoms with E-state index in [9.17, 15) is 8.42 Å². The average Bonchev–Trinajstić information content (AvgIpc) is 2.47. The Hall–Kier alpha value is -1.46. The first kappa shape index (κ1) is 14.9. The molecule has 1 atom stereocenters. The zero-order valence-corrected chi connectivity index (χ0v) is 11.7. The van der Waals surface area contributed by atoms with Gasteiger partial charge >= 0.3 is 0 Å². The second-order valence-electron chi connectivity index (χ2n) is 4.56. The fourth-order valence-electron chi connectivity index (χ4n) is 2.10. The smallest absolute Gasteiger partial charge is 0.218 e. The third-order valence-corrected chi connectivity index (χ3v) is 4.97. The topological polar surface area (TPSA) is 90.6 Å². The van der Waals surface area contributed by atoms with Crippen LogP contribution in [-0.2, 0) is 20.5 Å². The molecule has 0 saturated carbocycles. The van der Waals surface area contributed by atoms with Gasteiger partial charge in [-0.05, 0) is 11.6 Å². The van der Waals surface area contributed by atoms with Crippen LogP contribution in [0, 0.1) is 11.3 Å². The summed E-state index contributed by atoms with van der Waals surface area (Å²) in [4.78, 5) is 0. The summed E-state index contributed by atoms with van der Waals surface area (Å²) in [6.07, 6.45) is -0.482. The Kier molecular flexibility index (Phi) is 4.73. The minimum absolute atomic E-state index is 0.146. The molecular weight excluding hydrogens is 280 g/mol. The lowest BCUT2D eigenvalue weighted by Gasteiger charge is -2.31. The van der Waals surface area contributed by atoms with Crippen LogP contribution in [-0.4, -0.2) is 50.2 Å². The van der Waals surface area contributed by atoms with E-state index in [1.165, 1.54) is 4.31 Å². The van der Waals surface area contributed by atoms with Gasteiger partial charge in [-0.2, -0.15) is 9.57 Å². The number of nitriles is 1. The van der Waals surface area contributed by atoms with Gasteiger partial charge in [-0.3, -0.25) is 0 Å². The minimum atomic E-state index is -3.52. The van der Waals surface area contributed by atoms with Crippen LogP contribution in [0.3, 0.4) is 0 Å². The van der Waals surface area contributed by atoms with Gasteiger partial charge in [-0.15, -0.1) is 0 Å². The monoisotopic (exact) mass is 296 g/mol. The van der Waals surface area contributed by atoms with Crippen LogP contribution in [0.15, 0.2) is 24.3 Å². The maximum Gasteiger partial charge on any atom is 0.218 e. The van der Waals surface area contributed by atoms with Crippen molar-refractivity contribution < 1.29 is 18.3 Å². The SMILES string of the molecule is N#Cc1ccccc1CS(=O)(=O)N1CCOC(CO)C1. The van der Waals surface area contributed by atoms with Gasteiger partial charge in [0, 0.05) is 13.1 Å². The Morgan fingerprint density at radius 3 is 2.90 bits per heavy atom. The number of aliphatic hydroxyl groups is 1. The molecule has 6 nitrogen and oxygen atoms in total. The van der Waals surface area contributed by atoms with E-state index in [0.717, 1.165) is 0 Å². The summed E-state index contributed by atoms with van der Waals surface area (Å²) in [5, 5.41) is 18.1. The quantitative estimate of drug-likeness (QED) is 0.850. The standard InChI is InChI=1S/C13H16N2O4S/c14-7-11-3-1-2-4-12(11)10-20(17,18)15-5-6-19-13(8-15)9-16/h1-4,13,16H,5-6,8-10H2. The van der Waals surface area contributed by atoms with Crippen LogP contribution in [0.1, 0.15) is 11.1 Å². The summed E-state index contributed by atoms with van der Waals surface area (Å²) in [7, 11) is -3.52. The molecule has 1 aliphatic rings. The molecule has 0 amide bonds. The van der Waals surface area contributed by atoms with Crippen LogP contribution in [0.5, 0.6) is 0 Å². The molecule has 2 rings (SSSR count). The van der Waals surface area contributed by atoms with Crippen molar-refractivity contribution in [2.75, 3.05) is 26.3 Å². The molecule has 0 aliphatic carbocycles. The van der Waals surface area contributed by atoms with E-state index < -0.39 is 16.1 Å². The Morgan fingerprint density at radius 2 is 2.20 bits per heavy atom. The van der Waals surface area contributed by atoms with Crippen molar-refractivity contribution in [2.45, 2.75) is 11.9 Å². The van der Waals surface area contributed by atoms with Gasteiger partial charge in [0.25, 0.3) is 0 Å². The molecule has 1 unspecified atom stereocenters. The van der Waals surface area contributed by atoms with E-state index in [-0.39, 0.29) is 32.1 Å². The van der Waals surface area contributed by atoms with Crippen molar-refractivity contribution in [3.63, 3.8) is 0 Å². The second kappa shape index (κ2) is 6.33. The lowest BCUT2D eigenvalue weighted by Crippen LogP contribution is -2.47. The predicted molar refractivity (Wildman–Crippen MR) is 72.2 cm³/mol. The van der Waals surface area contributed by atoms with Gasteiger partial charge in [-0.1, -0.05) is 18.2 Å². The number of benzene rings is 1. The van der Waals surface area contributed by atoms with Crippen LogP contribution >= 0.6 is 0 Å². The van der Waals surface area contributed by atoms with E-state index >= 15 is 0 Å². The molecule has 20 heavy (non-hydrogen) atoms. The number of morpholine rings is 1. The van der Waals surface area contributed by atoms with Crippen molar-refractivity contribution in [2.24, 2.45) is 0 Å². The van der Waals surface area contributed by atoms with Crippen LogP contribution in [0.2, 0.25) is 0 Å². The maximum atomic E-state index is 12.4. The predicted octanol–water partition coefficient (Wildman–Crippen LogP) is 0.0812. The molecule has 1 aromatic carbocycles. The van der Waals surface area contributed by atoms with Gasteiger partial charge in [0.05, 0.1) is 36.7 Å². The van der Waals surface area contributed by atoms with Crippen molar-refractivity contribution in [3.05, 3.63) is 35.4 Å². The average molecular weight is 296 g/mol. The highest BCUT2D eigenvalue weighted by molar-refractivity contribution is 7.88. The molecule has 0 aromatic heterocycles. The molecule has 0 bridgehead atoms. The third-order valence-electron chi connectivity index (χ3n) is 3.17. The highest BCUT2D eigenvalue weighted by atomic mass is 32.2. The van der Waals surface area contributed by atoms with E-state index in [4.69, 9.17) is 15.1 Å². The van der Waals surface area contributed by atoms with Crippen LogP contribution in [0.25, 0.3) is 0 Å². The lowest BCUT2D eigenvalue weighted by atomic mass is 10.1. The van der Waals surface area contributed by atoms with Gasteiger partial charge < -0.3 is 9.84 Å². The van der Waals surface area contributed by atoms with Crippen molar-refractivity contribution in [3.8, 4) is 6.07 Å². The normalized spacial score (nSPS) is 20.5. The van der Waals surface area contributed by atoms with E-state index in [0.29, 0.717) is 11.1 Å². The van der Waals surface area contributed by atoms with Gasteiger partial charge in [0.1, 0.15) is 0 Å². The summed E-state index contributed by atoms with van der Waals surface area (Å²) >= 11 is 0. The van der Waals surface area contributed by atoms with E-state index in [1.807, 2.05) is 6.07 Å². The number of ether oxygens (including phenoxy) is 1.